The van der Waals surface area contributed by atoms with E-state index in [2.05, 4.69) is 18.3 Å². The van der Waals surface area contributed by atoms with Gasteiger partial charge in [0.25, 0.3) is 0 Å². The van der Waals surface area contributed by atoms with E-state index in [-0.39, 0.29) is 12.5 Å². The third-order valence-corrected chi connectivity index (χ3v) is 3.64. The number of amides is 1. The van der Waals surface area contributed by atoms with Crippen LogP contribution < -0.4 is 5.32 Å². The summed E-state index contributed by atoms with van der Waals surface area (Å²) in [5.74, 6) is -0.0524. The number of nitrogens with zero attached hydrogens (tertiary/aromatic N) is 2. The van der Waals surface area contributed by atoms with Crippen molar-refractivity contribution in [3.05, 3.63) is 35.5 Å². The maximum atomic E-state index is 12.1. The molecule has 2 aromatic rings. The predicted octanol–water partition coefficient (Wildman–Crippen LogP) is 2.23. The lowest BCUT2D eigenvalue weighted by atomic mass is 10.1. The second-order valence-corrected chi connectivity index (χ2v) is 5.15. The Morgan fingerprint density at radius 2 is 2.27 bits per heavy atom. The Balaban J connectivity index is 2.20. The van der Waals surface area contributed by atoms with E-state index in [9.17, 15) is 10.1 Å². The standard InChI is InChI=1S/C17H21N3O2/c1-3-13-6-4-7-15-14(10-18)11-20(17(13)15)12-16(21)19-8-5-9-22-2/h4,6-7,11H,3,5,8-9,12H2,1-2H3,(H,19,21). The number of fused-ring (bicyclic) bond motifs is 1. The third-order valence-electron chi connectivity index (χ3n) is 3.64. The van der Waals surface area contributed by atoms with E-state index in [0.717, 1.165) is 29.3 Å². The van der Waals surface area contributed by atoms with Crippen LogP contribution in [-0.2, 0) is 22.5 Å². The van der Waals surface area contributed by atoms with Gasteiger partial charge < -0.3 is 14.6 Å². The molecule has 1 amide bonds. The smallest absolute Gasteiger partial charge is 0.239 e. The lowest BCUT2D eigenvalue weighted by molar-refractivity contribution is -0.121. The Hall–Kier alpha value is -2.32. The third kappa shape index (κ3) is 3.46. The molecule has 0 saturated carbocycles. The number of para-hydroxylation sites is 1. The van der Waals surface area contributed by atoms with E-state index in [1.807, 2.05) is 22.8 Å². The van der Waals surface area contributed by atoms with E-state index in [1.165, 1.54) is 0 Å². The fourth-order valence-electron chi connectivity index (χ4n) is 2.59. The topological polar surface area (TPSA) is 67.0 Å². The number of ether oxygens (including phenoxy) is 1. The normalized spacial score (nSPS) is 10.6. The minimum Gasteiger partial charge on any atom is -0.385 e. The van der Waals surface area contributed by atoms with Gasteiger partial charge in [-0.05, 0) is 18.4 Å². The minimum absolute atomic E-state index is 0.0524. The molecule has 0 aliphatic rings. The summed E-state index contributed by atoms with van der Waals surface area (Å²) in [4.78, 5) is 12.1. The number of nitrogens with one attached hydrogen (secondary N) is 1. The van der Waals surface area contributed by atoms with Crippen LogP contribution in [0.4, 0.5) is 0 Å². The van der Waals surface area contributed by atoms with Crippen molar-refractivity contribution in [3.8, 4) is 6.07 Å². The molecule has 5 nitrogen and oxygen atoms in total. The zero-order chi connectivity index (χ0) is 15.9. The molecular formula is C17H21N3O2. The van der Waals surface area contributed by atoms with Crippen LogP contribution in [0.5, 0.6) is 0 Å². The summed E-state index contributed by atoms with van der Waals surface area (Å²) in [6.07, 6.45) is 3.42. The molecule has 0 radical (unpaired) electrons. The molecule has 0 aliphatic heterocycles. The zero-order valence-corrected chi connectivity index (χ0v) is 13.1. The molecule has 0 saturated heterocycles. The number of aromatic nitrogens is 1. The van der Waals surface area contributed by atoms with Crippen molar-refractivity contribution in [2.45, 2.75) is 26.3 Å². The molecule has 2 rings (SSSR count). The molecule has 1 N–H and O–H groups in total. The first-order valence-electron chi connectivity index (χ1n) is 7.47. The fourth-order valence-corrected chi connectivity index (χ4v) is 2.59. The summed E-state index contributed by atoms with van der Waals surface area (Å²) in [7, 11) is 1.64. The summed E-state index contributed by atoms with van der Waals surface area (Å²) < 4.78 is 6.83. The van der Waals surface area contributed by atoms with Gasteiger partial charge >= 0.3 is 0 Å². The van der Waals surface area contributed by atoms with E-state index in [0.29, 0.717) is 18.7 Å². The summed E-state index contributed by atoms with van der Waals surface area (Å²) in [5, 5.41) is 13.1. The predicted molar refractivity (Wildman–Crippen MR) is 85.5 cm³/mol. The molecule has 1 aromatic heterocycles. The van der Waals surface area contributed by atoms with E-state index >= 15 is 0 Å². The maximum absolute atomic E-state index is 12.1. The number of aryl methyl sites for hydroxylation is 1. The van der Waals surface area contributed by atoms with Crippen molar-refractivity contribution in [3.63, 3.8) is 0 Å². The lowest BCUT2D eigenvalue weighted by Gasteiger charge is -2.09. The molecule has 0 aliphatic carbocycles. The van der Waals surface area contributed by atoms with Gasteiger partial charge in [-0.25, -0.2) is 0 Å². The molecule has 22 heavy (non-hydrogen) atoms. The van der Waals surface area contributed by atoms with Crippen molar-refractivity contribution in [1.29, 1.82) is 5.26 Å². The number of carbonyl (C=O) groups excluding carboxylic acids is 1. The van der Waals surface area contributed by atoms with Gasteiger partial charge in [0.1, 0.15) is 12.6 Å². The van der Waals surface area contributed by atoms with Crippen molar-refractivity contribution >= 4 is 16.8 Å². The highest BCUT2D eigenvalue weighted by Crippen LogP contribution is 2.24. The van der Waals surface area contributed by atoms with Crippen LogP contribution in [0.2, 0.25) is 0 Å². The summed E-state index contributed by atoms with van der Waals surface area (Å²) >= 11 is 0. The lowest BCUT2D eigenvalue weighted by Crippen LogP contribution is -2.28. The van der Waals surface area contributed by atoms with Crippen LogP contribution in [-0.4, -0.2) is 30.7 Å². The van der Waals surface area contributed by atoms with Crippen LogP contribution in [0.25, 0.3) is 10.9 Å². The first-order valence-corrected chi connectivity index (χ1v) is 7.47. The number of rotatable bonds is 7. The average molecular weight is 299 g/mol. The first kappa shape index (κ1) is 16.1. The Kier molecular flexibility index (Phi) is 5.56. The zero-order valence-electron chi connectivity index (χ0n) is 13.1. The molecule has 0 unspecified atom stereocenters. The number of hydrogen-bond acceptors (Lipinski definition) is 3. The molecule has 0 atom stereocenters. The van der Waals surface area contributed by atoms with E-state index in [1.54, 1.807) is 13.3 Å². The van der Waals surface area contributed by atoms with Crippen LogP contribution in [0.3, 0.4) is 0 Å². The second-order valence-electron chi connectivity index (χ2n) is 5.15. The van der Waals surface area contributed by atoms with Gasteiger partial charge in [-0.1, -0.05) is 25.1 Å². The van der Waals surface area contributed by atoms with E-state index < -0.39 is 0 Å². The molecular weight excluding hydrogens is 278 g/mol. The van der Waals surface area contributed by atoms with Gasteiger partial charge in [-0.2, -0.15) is 5.26 Å². The number of carbonyl (C=O) groups is 1. The molecule has 1 heterocycles. The minimum atomic E-state index is -0.0524. The van der Waals surface area contributed by atoms with Gasteiger partial charge in [0.05, 0.1) is 11.1 Å². The van der Waals surface area contributed by atoms with Gasteiger partial charge in [0, 0.05) is 31.8 Å². The Labute approximate surface area is 130 Å². The van der Waals surface area contributed by atoms with Gasteiger partial charge in [-0.15, -0.1) is 0 Å². The maximum Gasteiger partial charge on any atom is 0.239 e. The van der Waals surface area contributed by atoms with Crippen LogP contribution in [0.15, 0.2) is 24.4 Å². The number of nitriles is 1. The van der Waals surface area contributed by atoms with Crippen molar-refractivity contribution in [1.82, 2.24) is 9.88 Å². The van der Waals surface area contributed by atoms with Crippen LogP contribution in [0, 0.1) is 11.3 Å². The molecule has 5 heteroatoms. The van der Waals surface area contributed by atoms with Gasteiger partial charge in [0.2, 0.25) is 5.91 Å². The number of benzene rings is 1. The number of methoxy groups -OCH3 is 1. The SMILES string of the molecule is CCc1cccc2c(C#N)cn(CC(=O)NCCCOC)c12. The van der Waals surface area contributed by atoms with Crippen LogP contribution in [0.1, 0.15) is 24.5 Å². The Morgan fingerprint density at radius 3 is 2.95 bits per heavy atom. The first-order chi connectivity index (χ1) is 10.7. The summed E-state index contributed by atoms with van der Waals surface area (Å²) in [6, 6.07) is 8.13. The molecule has 0 spiro atoms. The second kappa shape index (κ2) is 7.62. The van der Waals surface area contributed by atoms with Gasteiger partial charge in [-0.3, -0.25) is 4.79 Å². The summed E-state index contributed by atoms with van der Waals surface area (Å²) in [6.45, 7) is 3.52. The summed E-state index contributed by atoms with van der Waals surface area (Å²) in [5.41, 5.74) is 2.73. The molecule has 1 aromatic carbocycles. The van der Waals surface area contributed by atoms with E-state index in [4.69, 9.17) is 4.74 Å². The Bertz CT molecular complexity index is 698. The quantitative estimate of drug-likeness (QED) is 0.797. The highest BCUT2D eigenvalue weighted by molar-refractivity contribution is 5.90. The highest BCUT2D eigenvalue weighted by Gasteiger charge is 2.13. The van der Waals surface area contributed by atoms with Gasteiger partial charge in [0.15, 0.2) is 0 Å². The molecule has 0 bridgehead atoms. The monoisotopic (exact) mass is 299 g/mol. The van der Waals surface area contributed by atoms with Crippen molar-refractivity contribution in [2.24, 2.45) is 0 Å². The largest absolute Gasteiger partial charge is 0.385 e. The average Bonchev–Trinajstić information content (AvgIpc) is 2.89. The fraction of sp³-hybridized carbons (Fsp3) is 0.412. The van der Waals surface area contributed by atoms with Crippen molar-refractivity contribution < 1.29 is 9.53 Å². The highest BCUT2D eigenvalue weighted by atomic mass is 16.5. The molecule has 116 valence electrons. The molecule has 0 fully saturated rings. The Morgan fingerprint density at radius 1 is 1.45 bits per heavy atom. The van der Waals surface area contributed by atoms with Crippen LogP contribution >= 0.6 is 0 Å². The van der Waals surface area contributed by atoms with Crippen molar-refractivity contribution in [2.75, 3.05) is 20.3 Å². The number of hydrogen-bond donors (Lipinski definition) is 1.